The van der Waals surface area contributed by atoms with Gasteiger partial charge in [0, 0.05) is 17.6 Å². The summed E-state index contributed by atoms with van der Waals surface area (Å²) in [5.74, 6) is -1.34. The largest absolute Gasteiger partial charge is 0.481 e. The quantitative estimate of drug-likeness (QED) is 0.787. The summed E-state index contributed by atoms with van der Waals surface area (Å²) in [4.78, 5) is 24.0. The Morgan fingerprint density at radius 1 is 1.62 bits per heavy atom. The van der Waals surface area contributed by atoms with E-state index in [0.29, 0.717) is 18.0 Å². The van der Waals surface area contributed by atoms with E-state index in [2.05, 4.69) is 11.9 Å². The lowest BCUT2D eigenvalue weighted by Gasteiger charge is -2.23. The van der Waals surface area contributed by atoms with Crippen molar-refractivity contribution in [1.82, 2.24) is 10.2 Å². The lowest BCUT2D eigenvalue weighted by Crippen LogP contribution is -2.44. The second-order valence-electron chi connectivity index (χ2n) is 3.84. The lowest BCUT2D eigenvalue weighted by atomic mass is 10.0. The fourth-order valence-corrected chi connectivity index (χ4v) is 1.90. The van der Waals surface area contributed by atoms with E-state index in [1.807, 2.05) is 0 Å². The fraction of sp³-hybridized carbons (Fsp3) is 0.600. The van der Waals surface area contributed by atoms with Crippen molar-refractivity contribution in [3.05, 3.63) is 11.6 Å². The van der Waals surface area contributed by atoms with Crippen LogP contribution in [0.5, 0.6) is 0 Å². The van der Waals surface area contributed by atoms with E-state index in [4.69, 9.17) is 16.7 Å². The molecule has 1 heterocycles. The molecule has 0 aromatic carbocycles. The van der Waals surface area contributed by atoms with Gasteiger partial charge in [0.25, 0.3) is 0 Å². The summed E-state index contributed by atoms with van der Waals surface area (Å²) in [6.45, 7) is 5.84. The number of carboxylic acids is 1. The van der Waals surface area contributed by atoms with Gasteiger partial charge in [0.2, 0.25) is 0 Å². The second kappa shape index (κ2) is 5.21. The van der Waals surface area contributed by atoms with E-state index in [1.54, 1.807) is 6.92 Å². The number of nitrogens with zero attached hydrogens (tertiary/aromatic N) is 1. The van der Waals surface area contributed by atoms with E-state index >= 15 is 0 Å². The summed E-state index contributed by atoms with van der Waals surface area (Å²) >= 11 is 5.52. The summed E-state index contributed by atoms with van der Waals surface area (Å²) in [6.07, 6.45) is 0.492. The van der Waals surface area contributed by atoms with Gasteiger partial charge in [0.1, 0.15) is 0 Å². The third-order valence-electron chi connectivity index (χ3n) is 2.76. The number of hydrogen-bond donors (Lipinski definition) is 2. The van der Waals surface area contributed by atoms with Crippen LogP contribution < -0.4 is 5.32 Å². The number of likely N-dealkylation sites (tertiary alicyclic amines) is 1. The van der Waals surface area contributed by atoms with E-state index in [0.717, 1.165) is 0 Å². The van der Waals surface area contributed by atoms with Crippen molar-refractivity contribution in [2.75, 3.05) is 13.1 Å². The summed E-state index contributed by atoms with van der Waals surface area (Å²) < 4.78 is 0. The average molecular weight is 247 g/mol. The van der Waals surface area contributed by atoms with Crippen LogP contribution in [0.2, 0.25) is 0 Å². The van der Waals surface area contributed by atoms with Crippen molar-refractivity contribution in [1.29, 1.82) is 0 Å². The number of rotatable bonds is 3. The highest BCUT2D eigenvalue weighted by Gasteiger charge is 2.37. The van der Waals surface area contributed by atoms with Gasteiger partial charge in [-0.3, -0.25) is 4.79 Å². The minimum absolute atomic E-state index is 0.196. The topological polar surface area (TPSA) is 69.6 Å². The van der Waals surface area contributed by atoms with Gasteiger partial charge in [0.05, 0.1) is 12.5 Å². The van der Waals surface area contributed by atoms with Crippen LogP contribution in [0.25, 0.3) is 0 Å². The van der Waals surface area contributed by atoms with Gasteiger partial charge in [-0.1, -0.05) is 18.2 Å². The van der Waals surface area contributed by atoms with E-state index in [-0.39, 0.29) is 18.6 Å². The van der Waals surface area contributed by atoms with Crippen molar-refractivity contribution in [2.45, 2.75) is 19.4 Å². The number of carbonyl (C=O) groups is 2. The molecule has 0 aromatic heterocycles. The second-order valence-corrected chi connectivity index (χ2v) is 4.38. The lowest BCUT2D eigenvalue weighted by molar-refractivity contribution is -0.142. The van der Waals surface area contributed by atoms with Crippen molar-refractivity contribution >= 4 is 23.6 Å². The van der Waals surface area contributed by atoms with Crippen LogP contribution in [0, 0.1) is 5.92 Å². The van der Waals surface area contributed by atoms with Crippen molar-refractivity contribution < 1.29 is 14.7 Å². The van der Waals surface area contributed by atoms with Crippen LogP contribution >= 0.6 is 11.6 Å². The average Bonchev–Trinajstić information content (AvgIpc) is 2.56. The molecular weight excluding hydrogens is 232 g/mol. The maximum absolute atomic E-state index is 11.7. The van der Waals surface area contributed by atoms with Gasteiger partial charge in [-0.15, -0.1) is 0 Å². The zero-order chi connectivity index (χ0) is 12.3. The summed E-state index contributed by atoms with van der Waals surface area (Å²) in [5.41, 5.74) is 0. The number of urea groups is 1. The normalized spacial score (nSPS) is 24.2. The zero-order valence-corrected chi connectivity index (χ0v) is 9.83. The fourth-order valence-electron chi connectivity index (χ4n) is 1.83. The number of aliphatic carboxylic acids is 1. The Hall–Kier alpha value is -1.23. The van der Waals surface area contributed by atoms with Crippen LogP contribution in [-0.4, -0.2) is 41.1 Å². The molecule has 2 atom stereocenters. The molecule has 1 rings (SSSR count). The van der Waals surface area contributed by atoms with Crippen LogP contribution in [0.1, 0.15) is 13.3 Å². The number of nitrogens with one attached hydrogen (secondary N) is 1. The predicted molar refractivity (Wildman–Crippen MR) is 60.3 cm³/mol. The monoisotopic (exact) mass is 246 g/mol. The number of halogens is 1. The molecule has 5 nitrogen and oxygen atoms in total. The first-order valence-electron chi connectivity index (χ1n) is 5.04. The first-order chi connectivity index (χ1) is 7.43. The van der Waals surface area contributed by atoms with E-state index in [1.165, 1.54) is 4.90 Å². The van der Waals surface area contributed by atoms with Gasteiger partial charge in [-0.05, 0) is 13.3 Å². The maximum Gasteiger partial charge on any atom is 0.317 e. The van der Waals surface area contributed by atoms with Gasteiger partial charge >= 0.3 is 12.0 Å². The third kappa shape index (κ3) is 2.88. The molecule has 2 unspecified atom stereocenters. The standard InChI is InChI=1S/C10H15ClN2O3/c1-6(11)5-12-10(16)13-4-3-8(7(13)2)9(14)15/h7-8H,1,3-5H2,2H3,(H,12,16)(H,14,15). The third-order valence-corrected chi connectivity index (χ3v) is 2.90. The smallest absolute Gasteiger partial charge is 0.317 e. The molecule has 2 N–H and O–H groups in total. The molecule has 0 spiro atoms. The first-order valence-corrected chi connectivity index (χ1v) is 5.42. The van der Waals surface area contributed by atoms with Gasteiger partial charge < -0.3 is 15.3 Å². The Balaban J connectivity index is 2.53. The molecule has 1 aliphatic rings. The Morgan fingerprint density at radius 3 is 2.69 bits per heavy atom. The van der Waals surface area contributed by atoms with Crippen LogP contribution in [0.4, 0.5) is 4.79 Å². The molecule has 0 bridgehead atoms. The number of amides is 2. The summed E-state index contributed by atoms with van der Waals surface area (Å²) in [7, 11) is 0. The molecule has 1 saturated heterocycles. The molecular formula is C10H15ClN2O3. The Bertz CT molecular complexity index is 319. The van der Waals surface area contributed by atoms with Crippen LogP contribution in [0.15, 0.2) is 11.6 Å². The molecule has 2 amide bonds. The van der Waals surface area contributed by atoms with Crippen LogP contribution in [-0.2, 0) is 4.79 Å². The predicted octanol–water partition coefficient (Wildman–Crippen LogP) is 1.24. The van der Waals surface area contributed by atoms with Gasteiger partial charge in [-0.2, -0.15) is 0 Å². The molecule has 90 valence electrons. The minimum atomic E-state index is -0.857. The summed E-state index contributed by atoms with van der Waals surface area (Å²) in [6, 6.07) is -0.584. The van der Waals surface area contributed by atoms with Crippen molar-refractivity contribution in [3.8, 4) is 0 Å². The number of carboxylic acid groups (broad SMARTS) is 1. The first kappa shape index (κ1) is 12.8. The van der Waals surface area contributed by atoms with E-state index in [9.17, 15) is 9.59 Å². The molecule has 0 saturated carbocycles. The molecule has 16 heavy (non-hydrogen) atoms. The van der Waals surface area contributed by atoms with Crippen molar-refractivity contribution in [3.63, 3.8) is 0 Å². The Morgan fingerprint density at radius 2 is 2.25 bits per heavy atom. The van der Waals surface area contributed by atoms with E-state index < -0.39 is 11.9 Å². The highest BCUT2D eigenvalue weighted by Crippen LogP contribution is 2.24. The molecule has 0 radical (unpaired) electrons. The SMILES string of the molecule is C=C(Cl)CNC(=O)N1CCC(C(=O)O)C1C. The maximum atomic E-state index is 11.7. The molecule has 1 fully saturated rings. The Labute approximate surface area is 99.1 Å². The Kier molecular flexibility index (Phi) is 4.18. The van der Waals surface area contributed by atoms with Gasteiger partial charge in [0.15, 0.2) is 0 Å². The number of carbonyl (C=O) groups excluding carboxylic acids is 1. The minimum Gasteiger partial charge on any atom is -0.481 e. The number of hydrogen-bond acceptors (Lipinski definition) is 2. The molecule has 0 aliphatic carbocycles. The molecule has 1 aliphatic heterocycles. The highest BCUT2D eigenvalue weighted by atomic mass is 35.5. The van der Waals surface area contributed by atoms with Crippen LogP contribution in [0.3, 0.4) is 0 Å². The summed E-state index contributed by atoms with van der Waals surface area (Å²) in [5, 5.41) is 11.8. The molecule has 0 aromatic rings. The van der Waals surface area contributed by atoms with Crippen molar-refractivity contribution in [2.24, 2.45) is 5.92 Å². The van der Waals surface area contributed by atoms with Gasteiger partial charge in [-0.25, -0.2) is 4.79 Å². The molecule has 6 heteroatoms. The zero-order valence-electron chi connectivity index (χ0n) is 9.07. The highest BCUT2D eigenvalue weighted by molar-refractivity contribution is 6.29.